The van der Waals surface area contributed by atoms with E-state index in [1.807, 2.05) is 0 Å². The van der Waals surface area contributed by atoms with Crippen LogP contribution < -0.4 is 4.74 Å². The van der Waals surface area contributed by atoms with Gasteiger partial charge in [0.15, 0.2) is 0 Å². The lowest BCUT2D eigenvalue weighted by molar-refractivity contribution is 0.0696. The molecule has 0 atom stereocenters. The highest BCUT2D eigenvalue weighted by Crippen LogP contribution is 2.32. The molecule has 0 unspecified atom stereocenters. The Morgan fingerprint density at radius 3 is 2.05 bits per heavy atom. The Morgan fingerprint density at radius 2 is 1.62 bits per heavy atom. The summed E-state index contributed by atoms with van der Waals surface area (Å²) in [6.45, 7) is -1.89. The van der Waals surface area contributed by atoms with E-state index < -0.39 is 19.3 Å². The SMILES string of the molecule is O=C(O)c1cc(CF)c(Oc2ccc(Br)cc2)c(CF)c1. The zero-order valence-electron chi connectivity index (χ0n) is 10.8. The molecule has 0 saturated carbocycles. The maximum absolute atomic E-state index is 13.1. The minimum Gasteiger partial charge on any atom is -0.478 e. The number of hydrogen-bond donors (Lipinski definition) is 1. The molecule has 0 aliphatic heterocycles. The number of rotatable bonds is 5. The molecule has 110 valence electrons. The summed E-state index contributed by atoms with van der Waals surface area (Å²) >= 11 is 3.27. The van der Waals surface area contributed by atoms with Crippen LogP contribution in [-0.2, 0) is 13.3 Å². The Kier molecular flexibility index (Phi) is 4.90. The fraction of sp³-hybridized carbons (Fsp3) is 0.133. The summed E-state index contributed by atoms with van der Waals surface area (Å²) in [5, 5.41) is 8.94. The molecule has 0 fully saturated rings. The summed E-state index contributed by atoms with van der Waals surface area (Å²) < 4.78 is 32.6. The molecule has 0 aliphatic carbocycles. The van der Waals surface area contributed by atoms with Crippen LogP contribution >= 0.6 is 15.9 Å². The van der Waals surface area contributed by atoms with Crippen molar-refractivity contribution < 1.29 is 23.4 Å². The van der Waals surface area contributed by atoms with Crippen LogP contribution in [0.4, 0.5) is 8.78 Å². The van der Waals surface area contributed by atoms with Gasteiger partial charge in [-0.25, -0.2) is 13.6 Å². The van der Waals surface area contributed by atoms with Crippen molar-refractivity contribution in [1.29, 1.82) is 0 Å². The molecule has 0 amide bonds. The highest BCUT2D eigenvalue weighted by molar-refractivity contribution is 9.10. The van der Waals surface area contributed by atoms with Crippen molar-refractivity contribution in [3.8, 4) is 11.5 Å². The molecule has 0 spiro atoms. The number of carbonyl (C=O) groups is 1. The minimum atomic E-state index is -1.24. The van der Waals surface area contributed by atoms with E-state index in [1.165, 1.54) is 0 Å². The van der Waals surface area contributed by atoms with Gasteiger partial charge >= 0.3 is 5.97 Å². The predicted molar refractivity (Wildman–Crippen MR) is 77.2 cm³/mol. The number of halogens is 3. The van der Waals surface area contributed by atoms with Crippen molar-refractivity contribution in [2.75, 3.05) is 0 Å². The zero-order chi connectivity index (χ0) is 15.4. The molecule has 1 N–H and O–H groups in total. The lowest BCUT2D eigenvalue weighted by Gasteiger charge is -2.14. The number of carboxylic acids is 1. The number of alkyl halides is 2. The third kappa shape index (κ3) is 3.58. The van der Waals surface area contributed by atoms with E-state index in [0.29, 0.717) is 5.75 Å². The molecule has 2 aromatic carbocycles. The molecule has 2 aromatic rings. The van der Waals surface area contributed by atoms with E-state index in [4.69, 9.17) is 9.84 Å². The van der Waals surface area contributed by atoms with Gasteiger partial charge in [0.25, 0.3) is 0 Å². The number of hydrogen-bond acceptors (Lipinski definition) is 2. The number of carboxylic acid groups (broad SMARTS) is 1. The fourth-order valence-corrected chi connectivity index (χ4v) is 2.09. The van der Waals surface area contributed by atoms with Crippen molar-refractivity contribution in [1.82, 2.24) is 0 Å². The van der Waals surface area contributed by atoms with Crippen LogP contribution in [0.25, 0.3) is 0 Å². The van der Waals surface area contributed by atoms with Crippen molar-refractivity contribution in [3.05, 3.63) is 57.6 Å². The topological polar surface area (TPSA) is 46.5 Å². The van der Waals surface area contributed by atoms with Gasteiger partial charge in [0.1, 0.15) is 24.8 Å². The Hall–Kier alpha value is -1.95. The molecule has 0 heterocycles. The third-order valence-corrected chi connectivity index (χ3v) is 3.34. The fourth-order valence-electron chi connectivity index (χ4n) is 1.83. The molecule has 0 saturated heterocycles. The average molecular weight is 357 g/mol. The molecule has 0 aromatic heterocycles. The molecule has 3 nitrogen and oxygen atoms in total. The molecule has 2 rings (SSSR count). The van der Waals surface area contributed by atoms with Crippen LogP contribution in [-0.4, -0.2) is 11.1 Å². The van der Waals surface area contributed by atoms with Crippen molar-refractivity contribution >= 4 is 21.9 Å². The summed E-state index contributed by atoms with van der Waals surface area (Å²) in [6, 6.07) is 9.03. The van der Waals surface area contributed by atoms with E-state index in [2.05, 4.69) is 15.9 Å². The van der Waals surface area contributed by atoms with Crippen LogP contribution in [0.15, 0.2) is 40.9 Å². The largest absolute Gasteiger partial charge is 0.478 e. The van der Waals surface area contributed by atoms with E-state index in [0.717, 1.165) is 16.6 Å². The first-order valence-electron chi connectivity index (χ1n) is 5.99. The standard InChI is InChI=1S/C15H11BrF2O3/c16-12-1-3-13(4-2-12)21-14-10(7-17)5-9(15(19)20)6-11(14)8-18/h1-6H,7-8H2,(H,19,20). The maximum Gasteiger partial charge on any atom is 0.335 e. The number of benzene rings is 2. The van der Waals surface area contributed by atoms with Gasteiger partial charge in [-0.3, -0.25) is 0 Å². The first kappa shape index (κ1) is 15.4. The van der Waals surface area contributed by atoms with E-state index >= 15 is 0 Å². The van der Waals surface area contributed by atoms with Crippen molar-refractivity contribution in [2.24, 2.45) is 0 Å². The lowest BCUT2D eigenvalue weighted by Crippen LogP contribution is -2.02. The molecule has 6 heteroatoms. The first-order valence-corrected chi connectivity index (χ1v) is 6.79. The maximum atomic E-state index is 13.1. The Labute approximate surface area is 128 Å². The molecule has 21 heavy (non-hydrogen) atoms. The summed E-state index contributed by atoms with van der Waals surface area (Å²) in [7, 11) is 0. The molecular weight excluding hydrogens is 346 g/mol. The van der Waals surface area contributed by atoms with Gasteiger partial charge < -0.3 is 9.84 Å². The monoisotopic (exact) mass is 356 g/mol. The molecular formula is C15H11BrF2O3. The van der Waals surface area contributed by atoms with E-state index in [9.17, 15) is 13.6 Å². The van der Waals surface area contributed by atoms with Crippen LogP contribution in [0.5, 0.6) is 11.5 Å². The van der Waals surface area contributed by atoms with Gasteiger partial charge in [-0.2, -0.15) is 0 Å². The third-order valence-electron chi connectivity index (χ3n) is 2.81. The van der Waals surface area contributed by atoms with E-state index in [-0.39, 0.29) is 22.4 Å². The van der Waals surface area contributed by atoms with Gasteiger partial charge in [-0.15, -0.1) is 0 Å². The highest BCUT2D eigenvalue weighted by Gasteiger charge is 2.16. The summed E-state index contributed by atoms with van der Waals surface area (Å²) in [6.07, 6.45) is 0. The normalized spacial score (nSPS) is 10.4. The van der Waals surface area contributed by atoms with Gasteiger partial charge in [0.05, 0.1) is 5.56 Å². The first-order chi connectivity index (χ1) is 10.0. The lowest BCUT2D eigenvalue weighted by atomic mass is 10.0. The second kappa shape index (κ2) is 6.67. The molecule has 0 aliphatic rings. The van der Waals surface area contributed by atoms with Crippen LogP contribution in [0.2, 0.25) is 0 Å². The van der Waals surface area contributed by atoms with Crippen LogP contribution in [0.1, 0.15) is 21.5 Å². The van der Waals surface area contributed by atoms with Crippen molar-refractivity contribution in [3.63, 3.8) is 0 Å². The Morgan fingerprint density at radius 1 is 1.10 bits per heavy atom. The number of aromatic carboxylic acids is 1. The Bertz CT molecular complexity index is 631. The quantitative estimate of drug-likeness (QED) is 0.830. The van der Waals surface area contributed by atoms with Gasteiger partial charge in [-0.1, -0.05) is 15.9 Å². The zero-order valence-corrected chi connectivity index (χ0v) is 12.4. The summed E-state index contributed by atoms with van der Waals surface area (Å²) in [5.41, 5.74) is -0.158. The van der Waals surface area contributed by atoms with E-state index in [1.54, 1.807) is 24.3 Å². The smallest absolute Gasteiger partial charge is 0.335 e. The van der Waals surface area contributed by atoms with Crippen LogP contribution in [0, 0.1) is 0 Å². The van der Waals surface area contributed by atoms with Crippen LogP contribution in [0.3, 0.4) is 0 Å². The average Bonchev–Trinajstić information content (AvgIpc) is 2.49. The van der Waals surface area contributed by atoms with Gasteiger partial charge in [0.2, 0.25) is 0 Å². The minimum absolute atomic E-state index is 0.00506. The summed E-state index contributed by atoms with van der Waals surface area (Å²) in [4.78, 5) is 11.0. The predicted octanol–water partition coefficient (Wildman–Crippen LogP) is 4.88. The van der Waals surface area contributed by atoms with Crippen molar-refractivity contribution in [2.45, 2.75) is 13.3 Å². The second-order valence-electron chi connectivity index (χ2n) is 4.25. The van der Waals surface area contributed by atoms with Gasteiger partial charge in [0, 0.05) is 15.6 Å². The highest BCUT2D eigenvalue weighted by atomic mass is 79.9. The molecule has 0 bridgehead atoms. The summed E-state index contributed by atoms with van der Waals surface area (Å²) in [5.74, 6) is -0.812. The van der Waals surface area contributed by atoms with Gasteiger partial charge in [-0.05, 0) is 36.4 Å². The molecule has 0 radical (unpaired) electrons. The second-order valence-corrected chi connectivity index (χ2v) is 5.17. The number of ether oxygens (including phenoxy) is 1. The Balaban J connectivity index is 2.45.